The average Bonchev–Trinajstić information content (AvgIpc) is 3.24. The third-order valence-corrected chi connectivity index (χ3v) is 5.62. The fraction of sp³-hybridized carbons (Fsp3) is 0.111. The van der Waals surface area contributed by atoms with E-state index in [2.05, 4.69) is 37.1 Å². The second kappa shape index (κ2) is 9.26. The maximum Gasteiger partial charge on any atom is 0.323 e. The van der Waals surface area contributed by atoms with Crippen molar-refractivity contribution in [3.05, 3.63) is 90.4 Å². The molecular weight excluding hydrogens is 438 g/mol. The highest BCUT2D eigenvalue weighted by Gasteiger charge is 2.09. The molecule has 0 atom stereocenters. The standard InChI is InChI=1S/C27H25N7O/c1-17-5-4-6-21(11-17)31-27(35)32-22-9-7-18(2)24(13-22)19-8-10-25-20(12-19)14-28-26(33-25)30-23-15-29-34(3)16-23/h4-16H,1-3H3,(H,28,30,33)(H2,31,32,35). The summed E-state index contributed by atoms with van der Waals surface area (Å²) >= 11 is 0. The molecule has 2 amide bonds. The topological polar surface area (TPSA) is 96.8 Å². The number of hydrogen-bond donors (Lipinski definition) is 3. The summed E-state index contributed by atoms with van der Waals surface area (Å²) in [6.07, 6.45) is 5.39. The van der Waals surface area contributed by atoms with Crippen LogP contribution in [0.3, 0.4) is 0 Å². The van der Waals surface area contributed by atoms with Gasteiger partial charge in [-0.15, -0.1) is 0 Å². The van der Waals surface area contributed by atoms with Gasteiger partial charge in [-0.05, 0) is 72.5 Å². The molecule has 5 rings (SSSR count). The number of aromatic nitrogens is 4. The minimum Gasteiger partial charge on any atom is -0.321 e. The summed E-state index contributed by atoms with van der Waals surface area (Å²) in [7, 11) is 1.86. The second-order valence-electron chi connectivity index (χ2n) is 8.47. The number of rotatable bonds is 5. The predicted octanol–water partition coefficient (Wildman–Crippen LogP) is 6.03. The molecule has 2 aromatic heterocycles. The fourth-order valence-corrected chi connectivity index (χ4v) is 3.90. The first-order valence-corrected chi connectivity index (χ1v) is 11.2. The van der Waals surface area contributed by atoms with E-state index in [0.717, 1.165) is 44.5 Å². The van der Waals surface area contributed by atoms with Gasteiger partial charge in [-0.2, -0.15) is 5.10 Å². The molecule has 0 bridgehead atoms. The molecule has 0 saturated carbocycles. The van der Waals surface area contributed by atoms with Crippen LogP contribution in [0.2, 0.25) is 0 Å². The lowest BCUT2D eigenvalue weighted by atomic mass is 9.98. The lowest BCUT2D eigenvalue weighted by Gasteiger charge is -2.12. The Balaban J connectivity index is 1.36. The van der Waals surface area contributed by atoms with Crippen LogP contribution in [0.5, 0.6) is 0 Å². The largest absolute Gasteiger partial charge is 0.323 e. The van der Waals surface area contributed by atoms with Crippen LogP contribution in [-0.4, -0.2) is 25.8 Å². The molecule has 0 unspecified atom stereocenters. The molecule has 0 radical (unpaired) electrons. The minimum atomic E-state index is -0.286. The molecule has 3 N–H and O–H groups in total. The van der Waals surface area contributed by atoms with Crippen molar-refractivity contribution in [2.45, 2.75) is 13.8 Å². The van der Waals surface area contributed by atoms with E-state index in [1.165, 1.54) is 0 Å². The Morgan fingerprint density at radius 2 is 1.71 bits per heavy atom. The summed E-state index contributed by atoms with van der Waals surface area (Å²) in [6.45, 7) is 4.04. The molecule has 0 spiro atoms. The Kier molecular flexibility index (Phi) is 5.85. The highest BCUT2D eigenvalue weighted by atomic mass is 16.2. The van der Waals surface area contributed by atoms with Crippen LogP contribution in [0.1, 0.15) is 11.1 Å². The van der Waals surface area contributed by atoms with Crippen molar-refractivity contribution in [1.29, 1.82) is 0 Å². The van der Waals surface area contributed by atoms with Crippen molar-refractivity contribution >= 4 is 39.9 Å². The van der Waals surface area contributed by atoms with Crippen molar-refractivity contribution in [2.75, 3.05) is 16.0 Å². The highest BCUT2D eigenvalue weighted by Crippen LogP contribution is 2.29. The Bertz CT molecular complexity index is 1540. The lowest BCUT2D eigenvalue weighted by molar-refractivity contribution is 0.262. The number of nitrogens with zero attached hydrogens (tertiary/aromatic N) is 4. The van der Waals surface area contributed by atoms with Crippen molar-refractivity contribution in [3.63, 3.8) is 0 Å². The fourth-order valence-electron chi connectivity index (χ4n) is 3.90. The number of aryl methyl sites for hydroxylation is 3. The van der Waals surface area contributed by atoms with E-state index in [0.29, 0.717) is 11.6 Å². The van der Waals surface area contributed by atoms with Crippen molar-refractivity contribution in [1.82, 2.24) is 19.7 Å². The zero-order valence-electron chi connectivity index (χ0n) is 19.7. The Morgan fingerprint density at radius 3 is 2.49 bits per heavy atom. The molecule has 0 aliphatic heterocycles. The normalized spacial score (nSPS) is 10.8. The summed E-state index contributed by atoms with van der Waals surface area (Å²) < 4.78 is 1.72. The van der Waals surface area contributed by atoms with Gasteiger partial charge >= 0.3 is 6.03 Å². The van der Waals surface area contributed by atoms with Crippen molar-refractivity contribution in [2.24, 2.45) is 7.05 Å². The lowest BCUT2D eigenvalue weighted by Crippen LogP contribution is -2.19. The van der Waals surface area contributed by atoms with Gasteiger partial charge in [0.15, 0.2) is 0 Å². The molecule has 3 aromatic carbocycles. The highest BCUT2D eigenvalue weighted by molar-refractivity contribution is 6.00. The van der Waals surface area contributed by atoms with E-state index < -0.39 is 0 Å². The van der Waals surface area contributed by atoms with Gasteiger partial charge in [-0.1, -0.05) is 24.3 Å². The van der Waals surface area contributed by atoms with Gasteiger partial charge < -0.3 is 16.0 Å². The zero-order valence-corrected chi connectivity index (χ0v) is 19.7. The van der Waals surface area contributed by atoms with Crippen LogP contribution in [0.15, 0.2) is 79.3 Å². The van der Waals surface area contributed by atoms with Gasteiger partial charge in [0, 0.05) is 36.2 Å². The molecule has 5 aromatic rings. The van der Waals surface area contributed by atoms with Gasteiger partial charge in [-0.25, -0.2) is 14.8 Å². The number of carbonyl (C=O) groups excluding carboxylic acids is 1. The van der Waals surface area contributed by atoms with Crippen LogP contribution in [0, 0.1) is 13.8 Å². The smallest absolute Gasteiger partial charge is 0.321 e. The molecule has 0 aliphatic rings. The van der Waals surface area contributed by atoms with E-state index in [4.69, 9.17) is 0 Å². The van der Waals surface area contributed by atoms with Crippen molar-refractivity contribution < 1.29 is 4.79 Å². The summed E-state index contributed by atoms with van der Waals surface area (Å²) in [5.41, 5.74) is 7.36. The van der Waals surface area contributed by atoms with E-state index in [1.807, 2.05) is 81.7 Å². The monoisotopic (exact) mass is 463 g/mol. The molecule has 8 heteroatoms. The predicted molar refractivity (Wildman–Crippen MR) is 140 cm³/mol. The Morgan fingerprint density at radius 1 is 0.886 bits per heavy atom. The minimum absolute atomic E-state index is 0.286. The van der Waals surface area contributed by atoms with Crippen molar-refractivity contribution in [3.8, 4) is 11.1 Å². The third-order valence-electron chi connectivity index (χ3n) is 5.62. The van der Waals surface area contributed by atoms with E-state index in [9.17, 15) is 4.79 Å². The number of fused-ring (bicyclic) bond motifs is 1. The van der Waals surface area contributed by atoms with Gasteiger partial charge in [0.1, 0.15) is 0 Å². The number of nitrogens with one attached hydrogen (secondary N) is 3. The first-order chi connectivity index (χ1) is 16.9. The first kappa shape index (κ1) is 22.1. The van der Waals surface area contributed by atoms with Crippen LogP contribution in [0.4, 0.5) is 27.8 Å². The van der Waals surface area contributed by atoms with Gasteiger partial charge in [0.05, 0.1) is 17.4 Å². The summed E-state index contributed by atoms with van der Waals surface area (Å²) in [6, 6.07) is 19.3. The summed E-state index contributed by atoms with van der Waals surface area (Å²) in [5, 5.41) is 14.0. The second-order valence-corrected chi connectivity index (χ2v) is 8.47. The van der Waals surface area contributed by atoms with E-state index in [1.54, 1.807) is 17.1 Å². The molecular formula is C27H25N7O. The number of carbonyl (C=O) groups is 1. The maximum absolute atomic E-state index is 12.5. The molecule has 0 saturated heterocycles. The number of amides is 2. The number of urea groups is 1. The molecule has 35 heavy (non-hydrogen) atoms. The zero-order chi connectivity index (χ0) is 24.4. The van der Waals surface area contributed by atoms with Gasteiger partial charge in [0.25, 0.3) is 0 Å². The van der Waals surface area contributed by atoms with Gasteiger partial charge in [-0.3, -0.25) is 4.68 Å². The van der Waals surface area contributed by atoms with Crippen LogP contribution < -0.4 is 16.0 Å². The summed E-state index contributed by atoms with van der Waals surface area (Å²) in [5.74, 6) is 0.514. The Labute approximate surface area is 203 Å². The molecule has 8 nitrogen and oxygen atoms in total. The molecule has 0 aliphatic carbocycles. The molecule has 174 valence electrons. The van der Waals surface area contributed by atoms with E-state index >= 15 is 0 Å². The molecule has 2 heterocycles. The third kappa shape index (κ3) is 5.11. The number of benzene rings is 3. The molecule has 0 fully saturated rings. The van der Waals surface area contributed by atoms with Gasteiger partial charge in [0.2, 0.25) is 5.95 Å². The SMILES string of the molecule is Cc1cccc(NC(=O)Nc2ccc(C)c(-c3ccc4nc(Nc5cnn(C)c5)ncc4c3)c2)c1. The van der Waals surface area contributed by atoms with E-state index in [-0.39, 0.29) is 6.03 Å². The maximum atomic E-state index is 12.5. The van der Waals surface area contributed by atoms with Crippen LogP contribution in [0.25, 0.3) is 22.0 Å². The van der Waals surface area contributed by atoms with Crippen LogP contribution in [-0.2, 0) is 7.05 Å². The van der Waals surface area contributed by atoms with Crippen LogP contribution >= 0.6 is 0 Å². The first-order valence-electron chi connectivity index (χ1n) is 11.2. The number of anilines is 4. The average molecular weight is 464 g/mol. The summed E-state index contributed by atoms with van der Waals surface area (Å²) in [4.78, 5) is 21.6. The number of hydrogen-bond acceptors (Lipinski definition) is 5. The Hall–Kier alpha value is -4.72. The quantitative estimate of drug-likeness (QED) is 0.295.